The molecular formula is C11H22F3NO. The molecular weight excluding hydrogens is 219 g/mol. The summed E-state index contributed by atoms with van der Waals surface area (Å²) in [6.07, 6.45) is -0.400. The van der Waals surface area contributed by atoms with E-state index in [1.165, 1.54) is 0 Å². The molecule has 16 heavy (non-hydrogen) atoms. The molecule has 0 bridgehead atoms. The molecule has 0 amide bonds. The molecule has 0 aliphatic heterocycles. The van der Waals surface area contributed by atoms with Crippen LogP contribution in [0.4, 0.5) is 13.2 Å². The Balaban J connectivity index is 2.99. The first kappa shape index (κ1) is 15.7. The molecule has 0 unspecified atom stereocenters. The quantitative estimate of drug-likeness (QED) is 0.593. The van der Waals surface area contributed by atoms with Gasteiger partial charge in [0.25, 0.3) is 0 Å². The molecule has 5 heteroatoms. The highest BCUT2D eigenvalue weighted by atomic mass is 19.4. The molecule has 0 spiro atoms. The predicted molar refractivity (Wildman–Crippen MR) is 58.5 cm³/mol. The van der Waals surface area contributed by atoms with Crippen molar-refractivity contribution in [2.75, 3.05) is 26.8 Å². The van der Waals surface area contributed by atoms with Gasteiger partial charge in [0.2, 0.25) is 0 Å². The van der Waals surface area contributed by atoms with E-state index < -0.39 is 12.6 Å². The van der Waals surface area contributed by atoms with E-state index in [0.29, 0.717) is 6.61 Å². The molecule has 0 aromatic heterocycles. The highest BCUT2D eigenvalue weighted by Crippen LogP contribution is 2.20. The lowest BCUT2D eigenvalue weighted by atomic mass is 10.2. The molecule has 0 heterocycles. The normalized spacial score (nSPS) is 12.0. The van der Waals surface area contributed by atoms with Gasteiger partial charge in [-0.3, -0.25) is 0 Å². The van der Waals surface area contributed by atoms with Crippen LogP contribution in [0.1, 0.15) is 38.5 Å². The van der Waals surface area contributed by atoms with E-state index in [1.807, 2.05) is 7.05 Å². The molecule has 0 fully saturated rings. The Morgan fingerprint density at radius 1 is 0.938 bits per heavy atom. The van der Waals surface area contributed by atoms with Crippen LogP contribution in [0.25, 0.3) is 0 Å². The second-order valence-corrected chi connectivity index (χ2v) is 3.85. The topological polar surface area (TPSA) is 21.3 Å². The maximum Gasteiger partial charge on any atom is 0.389 e. The van der Waals surface area contributed by atoms with Crippen molar-refractivity contribution >= 4 is 0 Å². The van der Waals surface area contributed by atoms with E-state index in [2.05, 4.69) is 5.32 Å². The lowest BCUT2D eigenvalue weighted by Gasteiger charge is -2.06. The average Bonchev–Trinajstić information content (AvgIpc) is 2.19. The number of rotatable bonds is 10. The Morgan fingerprint density at radius 2 is 1.56 bits per heavy atom. The van der Waals surface area contributed by atoms with Gasteiger partial charge in [-0.2, -0.15) is 13.2 Å². The standard InChI is InChI=1S/C11H22F3NO/c1-15-8-4-2-3-5-9-16-10-6-7-11(12,13)14/h15H,2-10H2,1H3. The first-order chi connectivity index (χ1) is 7.56. The Morgan fingerprint density at radius 3 is 2.19 bits per heavy atom. The van der Waals surface area contributed by atoms with Crippen molar-refractivity contribution in [3.8, 4) is 0 Å². The van der Waals surface area contributed by atoms with Gasteiger partial charge in [-0.15, -0.1) is 0 Å². The zero-order chi connectivity index (χ0) is 12.3. The lowest BCUT2D eigenvalue weighted by molar-refractivity contribution is -0.137. The van der Waals surface area contributed by atoms with Crippen molar-refractivity contribution in [2.24, 2.45) is 0 Å². The number of hydrogen-bond acceptors (Lipinski definition) is 2. The predicted octanol–water partition coefficient (Wildman–Crippen LogP) is 3.13. The van der Waals surface area contributed by atoms with E-state index >= 15 is 0 Å². The van der Waals surface area contributed by atoms with Gasteiger partial charge in [0.15, 0.2) is 0 Å². The van der Waals surface area contributed by atoms with Crippen LogP contribution in [0.2, 0.25) is 0 Å². The zero-order valence-electron chi connectivity index (χ0n) is 9.91. The summed E-state index contributed by atoms with van der Waals surface area (Å²) < 4.78 is 40.3. The van der Waals surface area contributed by atoms with Crippen molar-refractivity contribution in [1.29, 1.82) is 0 Å². The molecule has 0 rings (SSSR count). The van der Waals surface area contributed by atoms with Crippen LogP contribution in [-0.4, -0.2) is 33.0 Å². The average molecular weight is 241 g/mol. The molecule has 2 nitrogen and oxygen atoms in total. The van der Waals surface area contributed by atoms with Crippen molar-refractivity contribution < 1.29 is 17.9 Å². The minimum Gasteiger partial charge on any atom is -0.381 e. The third kappa shape index (κ3) is 13.7. The fourth-order valence-electron chi connectivity index (χ4n) is 1.34. The number of ether oxygens (including phenoxy) is 1. The van der Waals surface area contributed by atoms with Gasteiger partial charge in [-0.25, -0.2) is 0 Å². The van der Waals surface area contributed by atoms with Crippen LogP contribution in [0, 0.1) is 0 Å². The van der Waals surface area contributed by atoms with Crippen molar-refractivity contribution in [2.45, 2.75) is 44.7 Å². The molecule has 0 aromatic rings. The van der Waals surface area contributed by atoms with Crippen LogP contribution in [-0.2, 0) is 4.74 Å². The van der Waals surface area contributed by atoms with Crippen LogP contribution in [0.3, 0.4) is 0 Å². The van der Waals surface area contributed by atoms with Gasteiger partial charge in [-0.1, -0.05) is 12.8 Å². The summed E-state index contributed by atoms with van der Waals surface area (Å²) in [6.45, 7) is 1.82. The second kappa shape index (κ2) is 9.90. The van der Waals surface area contributed by atoms with Crippen LogP contribution in [0.5, 0.6) is 0 Å². The summed E-state index contributed by atoms with van der Waals surface area (Å²) in [6, 6.07) is 0. The minimum atomic E-state index is -4.05. The Hall–Kier alpha value is -0.290. The molecule has 0 saturated heterocycles. The Bertz CT molecular complexity index is 151. The first-order valence-corrected chi connectivity index (χ1v) is 5.85. The molecule has 0 saturated carbocycles. The van der Waals surface area contributed by atoms with Crippen molar-refractivity contribution in [1.82, 2.24) is 5.32 Å². The van der Waals surface area contributed by atoms with Crippen LogP contribution < -0.4 is 5.32 Å². The largest absolute Gasteiger partial charge is 0.389 e. The van der Waals surface area contributed by atoms with Crippen LogP contribution >= 0.6 is 0 Å². The Kier molecular flexibility index (Phi) is 9.72. The SMILES string of the molecule is CNCCCCCCOCCCC(F)(F)F. The number of alkyl halides is 3. The highest BCUT2D eigenvalue weighted by Gasteiger charge is 2.25. The van der Waals surface area contributed by atoms with E-state index in [0.717, 1.165) is 32.2 Å². The monoisotopic (exact) mass is 241 g/mol. The third-order valence-electron chi connectivity index (χ3n) is 2.21. The summed E-state index contributed by atoms with van der Waals surface area (Å²) in [7, 11) is 1.92. The fraction of sp³-hybridized carbons (Fsp3) is 1.00. The van der Waals surface area contributed by atoms with Gasteiger partial charge in [0, 0.05) is 19.6 Å². The number of halogens is 3. The molecule has 0 aromatic carbocycles. The van der Waals surface area contributed by atoms with E-state index in [1.54, 1.807) is 0 Å². The maximum absolute atomic E-state index is 11.7. The van der Waals surface area contributed by atoms with Gasteiger partial charge in [0.05, 0.1) is 0 Å². The van der Waals surface area contributed by atoms with E-state index in [9.17, 15) is 13.2 Å². The molecule has 0 aliphatic rings. The van der Waals surface area contributed by atoms with Crippen molar-refractivity contribution in [3.05, 3.63) is 0 Å². The maximum atomic E-state index is 11.7. The second-order valence-electron chi connectivity index (χ2n) is 3.85. The smallest absolute Gasteiger partial charge is 0.381 e. The number of unbranched alkanes of at least 4 members (excludes halogenated alkanes) is 3. The molecule has 0 atom stereocenters. The van der Waals surface area contributed by atoms with Gasteiger partial charge < -0.3 is 10.1 Å². The summed E-state index contributed by atoms with van der Waals surface area (Å²) in [4.78, 5) is 0. The van der Waals surface area contributed by atoms with Gasteiger partial charge >= 0.3 is 6.18 Å². The lowest BCUT2D eigenvalue weighted by Crippen LogP contribution is -2.09. The number of nitrogens with one attached hydrogen (secondary N) is 1. The summed E-state index contributed by atoms with van der Waals surface area (Å²) >= 11 is 0. The van der Waals surface area contributed by atoms with Gasteiger partial charge in [0.1, 0.15) is 0 Å². The summed E-state index contributed by atoms with van der Waals surface area (Å²) in [5.41, 5.74) is 0. The highest BCUT2D eigenvalue weighted by molar-refractivity contribution is 4.50. The van der Waals surface area contributed by atoms with Crippen LogP contribution in [0.15, 0.2) is 0 Å². The van der Waals surface area contributed by atoms with E-state index in [4.69, 9.17) is 4.74 Å². The van der Waals surface area contributed by atoms with Crippen molar-refractivity contribution in [3.63, 3.8) is 0 Å². The van der Waals surface area contributed by atoms with Gasteiger partial charge in [-0.05, 0) is 32.9 Å². The molecule has 98 valence electrons. The minimum absolute atomic E-state index is 0.0727. The summed E-state index contributed by atoms with van der Waals surface area (Å²) in [5, 5.41) is 3.06. The first-order valence-electron chi connectivity index (χ1n) is 5.85. The molecule has 0 radical (unpaired) electrons. The third-order valence-corrected chi connectivity index (χ3v) is 2.21. The molecule has 1 N–H and O–H groups in total. The van der Waals surface area contributed by atoms with E-state index in [-0.39, 0.29) is 13.0 Å². The number of hydrogen-bond donors (Lipinski definition) is 1. The summed E-state index contributed by atoms with van der Waals surface area (Å²) in [5.74, 6) is 0. The fourth-order valence-corrected chi connectivity index (χ4v) is 1.34. The zero-order valence-corrected chi connectivity index (χ0v) is 9.91. The molecule has 0 aliphatic carbocycles. The Labute approximate surface area is 95.5 Å².